The lowest BCUT2D eigenvalue weighted by Crippen LogP contribution is -2.34. The molecule has 1 aliphatic rings. The topological polar surface area (TPSA) is 84.7 Å². The molecule has 0 radical (unpaired) electrons. The zero-order chi connectivity index (χ0) is 14.0. The highest BCUT2D eigenvalue weighted by Gasteiger charge is 2.32. The second kappa shape index (κ2) is 5.17. The molecule has 6 nitrogen and oxygen atoms in total. The quantitative estimate of drug-likeness (QED) is 0.637. The van der Waals surface area contributed by atoms with Crippen molar-refractivity contribution in [2.75, 3.05) is 23.8 Å². The highest BCUT2D eigenvalue weighted by atomic mass is 16.5. The number of nitrogens with zero attached hydrogens (tertiary/aromatic N) is 1. The number of carbonyl (C=O) groups excluding carboxylic acids is 2. The summed E-state index contributed by atoms with van der Waals surface area (Å²) in [5.41, 5.74) is 6.89. The van der Waals surface area contributed by atoms with Gasteiger partial charge in [0.1, 0.15) is 5.56 Å². The third kappa shape index (κ3) is 2.33. The van der Waals surface area contributed by atoms with E-state index in [1.54, 1.807) is 25.1 Å². The van der Waals surface area contributed by atoms with Crippen LogP contribution in [0.2, 0.25) is 0 Å². The zero-order valence-electron chi connectivity index (χ0n) is 11.0. The van der Waals surface area contributed by atoms with Gasteiger partial charge in [-0.2, -0.15) is 0 Å². The first-order chi connectivity index (χ1) is 9.06. The summed E-state index contributed by atoms with van der Waals surface area (Å²) in [7, 11) is 0. The minimum atomic E-state index is -0.512. The van der Waals surface area contributed by atoms with E-state index in [0.29, 0.717) is 17.9 Å². The largest absolute Gasteiger partial charge is 0.462 e. The Morgan fingerprint density at radius 3 is 2.89 bits per heavy atom. The summed E-state index contributed by atoms with van der Waals surface area (Å²) in [4.78, 5) is 25.4. The van der Waals surface area contributed by atoms with Gasteiger partial charge in [0.25, 0.3) is 0 Å². The van der Waals surface area contributed by atoms with Crippen LogP contribution in [0.25, 0.3) is 0 Å². The summed E-state index contributed by atoms with van der Waals surface area (Å²) in [5.74, 6) is -0.512. The van der Waals surface area contributed by atoms with E-state index in [4.69, 9.17) is 10.5 Å². The predicted octanol–water partition coefficient (Wildman–Crippen LogP) is 1.36. The zero-order valence-corrected chi connectivity index (χ0v) is 11.0. The number of ether oxygens (including phenoxy) is 1. The van der Waals surface area contributed by atoms with Crippen molar-refractivity contribution >= 4 is 23.4 Å². The Labute approximate surface area is 111 Å². The highest BCUT2D eigenvalue weighted by Crippen LogP contribution is 2.29. The minimum Gasteiger partial charge on any atom is -0.462 e. The first kappa shape index (κ1) is 13.2. The smallest absolute Gasteiger partial charge is 0.342 e. The molecule has 19 heavy (non-hydrogen) atoms. The molecule has 1 unspecified atom stereocenters. The van der Waals surface area contributed by atoms with E-state index in [9.17, 15) is 9.59 Å². The summed E-state index contributed by atoms with van der Waals surface area (Å²) < 4.78 is 5.00. The standard InChI is InChI=1S/C13H17N3O3/c1-3-19-12(17)11-9(14)5-4-6-10(11)16-8(2)7-15-13(16)18/h4-6,8H,3,7,14H2,1-2H3,(H,15,18). The lowest BCUT2D eigenvalue weighted by Gasteiger charge is -2.23. The first-order valence-corrected chi connectivity index (χ1v) is 6.19. The second-order valence-electron chi connectivity index (χ2n) is 4.37. The molecular formula is C13H17N3O3. The van der Waals surface area contributed by atoms with E-state index in [0.717, 1.165) is 0 Å². The number of anilines is 2. The van der Waals surface area contributed by atoms with Crippen LogP contribution in [0.3, 0.4) is 0 Å². The van der Waals surface area contributed by atoms with Crippen molar-refractivity contribution in [3.05, 3.63) is 23.8 Å². The van der Waals surface area contributed by atoms with Crippen molar-refractivity contribution in [3.8, 4) is 0 Å². The number of amides is 2. The van der Waals surface area contributed by atoms with Gasteiger partial charge in [-0.15, -0.1) is 0 Å². The average Bonchev–Trinajstić information content (AvgIpc) is 2.69. The molecule has 102 valence electrons. The van der Waals surface area contributed by atoms with Crippen molar-refractivity contribution < 1.29 is 14.3 Å². The van der Waals surface area contributed by atoms with Gasteiger partial charge in [-0.25, -0.2) is 9.59 Å². The van der Waals surface area contributed by atoms with E-state index < -0.39 is 5.97 Å². The van der Waals surface area contributed by atoms with Crippen LogP contribution in [0.5, 0.6) is 0 Å². The van der Waals surface area contributed by atoms with Gasteiger partial charge in [-0.05, 0) is 26.0 Å². The van der Waals surface area contributed by atoms with Crippen LogP contribution in [-0.4, -0.2) is 31.2 Å². The Morgan fingerprint density at radius 2 is 2.32 bits per heavy atom. The van der Waals surface area contributed by atoms with Gasteiger partial charge in [0.05, 0.1) is 18.3 Å². The van der Waals surface area contributed by atoms with Gasteiger partial charge in [-0.1, -0.05) is 6.07 Å². The molecule has 0 saturated carbocycles. The lowest BCUT2D eigenvalue weighted by molar-refractivity contribution is 0.0528. The van der Waals surface area contributed by atoms with Crippen molar-refractivity contribution in [2.45, 2.75) is 19.9 Å². The molecule has 1 fully saturated rings. The molecule has 1 atom stereocenters. The number of nitrogens with two attached hydrogens (primary N) is 1. The fourth-order valence-electron chi connectivity index (χ4n) is 2.14. The van der Waals surface area contributed by atoms with Crippen LogP contribution in [0.15, 0.2) is 18.2 Å². The number of benzene rings is 1. The van der Waals surface area contributed by atoms with Gasteiger partial charge >= 0.3 is 12.0 Å². The number of hydrogen-bond acceptors (Lipinski definition) is 4. The number of carbonyl (C=O) groups is 2. The summed E-state index contributed by atoms with van der Waals surface area (Å²) in [6.45, 7) is 4.42. The second-order valence-corrected chi connectivity index (χ2v) is 4.37. The van der Waals surface area contributed by atoms with E-state index >= 15 is 0 Å². The first-order valence-electron chi connectivity index (χ1n) is 6.19. The summed E-state index contributed by atoms with van der Waals surface area (Å²) in [6.07, 6.45) is 0. The number of urea groups is 1. The summed E-state index contributed by atoms with van der Waals surface area (Å²) in [6, 6.07) is 4.76. The highest BCUT2D eigenvalue weighted by molar-refractivity contribution is 6.06. The number of esters is 1. The monoisotopic (exact) mass is 263 g/mol. The van der Waals surface area contributed by atoms with Crippen LogP contribution < -0.4 is 16.0 Å². The third-order valence-electron chi connectivity index (χ3n) is 3.02. The molecule has 6 heteroatoms. The Hall–Kier alpha value is -2.24. The van der Waals surface area contributed by atoms with Crippen molar-refractivity contribution in [1.82, 2.24) is 5.32 Å². The van der Waals surface area contributed by atoms with Crippen LogP contribution in [-0.2, 0) is 4.74 Å². The normalized spacial score (nSPS) is 18.3. The number of rotatable bonds is 3. The van der Waals surface area contributed by atoms with Crippen molar-refractivity contribution in [2.24, 2.45) is 0 Å². The van der Waals surface area contributed by atoms with E-state index in [2.05, 4.69) is 5.32 Å². The molecule has 0 aliphatic carbocycles. The van der Waals surface area contributed by atoms with Gasteiger partial charge in [0.15, 0.2) is 0 Å². The molecule has 1 saturated heterocycles. The number of nitrogens with one attached hydrogen (secondary N) is 1. The number of hydrogen-bond donors (Lipinski definition) is 2. The Morgan fingerprint density at radius 1 is 1.58 bits per heavy atom. The molecule has 0 bridgehead atoms. The summed E-state index contributed by atoms with van der Waals surface area (Å²) in [5, 5.41) is 2.73. The SMILES string of the molecule is CCOC(=O)c1c(N)cccc1N1C(=O)NCC1C. The maximum atomic E-state index is 12.0. The van der Waals surface area contributed by atoms with Crippen LogP contribution >= 0.6 is 0 Å². The van der Waals surface area contributed by atoms with E-state index in [1.807, 2.05) is 6.92 Å². The molecule has 0 aromatic heterocycles. The molecule has 3 N–H and O–H groups in total. The molecule has 1 aromatic carbocycles. The molecule has 1 aromatic rings. The average molecular weight is 263 g/mol. The van der Waals surface area contributed by atoms with Gasteiger partial charge in [0, 0.05) is 12.2 Å². The van der Waals surface area contributed by atoms with Crippen molar-refractivity contribution in [3.63, 3.8) is 0 Å². The molecule has 1 aliphatic heterocycles. The Bertz CT molecular complexity index is 516. The van der Waals surface area contributed by atoms with Gasteiger partial charge in [0.2, 0.25) is 0 Å². The molecule has 2 amide bonds. The van der Waals surface area contributed by atoms with Gasteiger partial charge < -0.3 is 15.8 Å². The molecular weight excluding hydrogens is 246 g/mol. The minimum absolute atomic E-state index is 0.0394. The maximum absolute atomic E-state index is 12.0. The predicted molar refractivity (Wildman–Crippen MR) is 72.2 cm³/mol. The fourth-order valence-corrected chi connectivity index (χ4v) is 2.14. The third-order valence-corrected chi connectivity index (χ3v) is 3.02. The Balaban J connectivity index is 2.48. The summed E-state index contributed by atoms with van der Waals surface area (Å²) >= 11 is 0. The van der Waals surface area contributed by atoms with Crippen LogP contribution in [0.1, 0.15) is 24.2 Å². The van der Waals surface area contributed by atoms with E-state index in [-0.39, 0.29) is 24.2 Å². The van der Waals surface area contributed by atoms with Crippen molar-refractivity contribution in [1.29, 1.82) is 0 Å². The molecule has 0 spiro atoms. The molecule has 1 heterocycles. The fraction of sp³-hybridized carbons (Fsp3) is 0.385. The molecule has 2 rings (SSSR count). The van der Waals surface area contributed by atoms with E-state index in [1.165, 1.54) is 4.90 Å². The number of nitrogen functional groups attached to an aromatic ring is 1. The van der Waals surface area contributed by atoms with Crippen LogP contribution in [0, 0.1) is 0 Å². The maximum Gasteiger partial charge on any atom is 0.342 e. The lowest BCUT2D eigenvalue weighted by atomic mass is 10.1. The van der Waals surface area contributed by atoms with Gasteiger partial charge in [-0.3, -0.25) is 4.90 Å². The van der Waals surface area contributed by atoms with Crippen LogP contribution in [0.4, 0.5) is 16.2 Å². The Kier molecular flexibility index (Phi) is 3.59.